The molecule has 0 saturated carbocycles. The number of aromatic amines is 1. The van der Waals surface area contributed by atoms with E-state index in [-0.39, 0.29) is 11.4 Å². The van der Waals surface area contributed by atoms with Crippen LogP contribution in [0, 0.1) is 0 Å². The second kappa shape index (κ2) is 4.70. The maximum atomic E-state index is 12.3. The molecular formula is C15H18N2O2. The number of carbonyl (C=O) groups excluding carboxylic acids is 1. The molecular weight excluding hydrogens is 240 g/mol. The number of amides is 1. The Morgan fingerprint density at radius 3 is 2.79 bits per heavy atom. The average Bonchev–Trinajstić information content (AvgIpc) is 2.83. The van der Waals surface area contributed by atoms with Crippen molar-refractivity contribution in [3.63, 3.8) is 0 Å². The van der Waals surface area contributed by atoms with Crippen LogP contribution in [0.4, 0.5) is 0 Å². The van der Waals surface area contributed by atoms with Crippen LogP contribution in [0.2, 0.25) is 0 Å². The molecule has 0 radical (unpaired) electrons. The fraction of sp³-hybridized carbons (Fsp3) is 0.400. The number of rotatable bonds is 2. The smallest absolute Gasteiger partial charge is 0.268 e. The molecule has 0 unspecified atom stereocenters. The minimum absolute atomic E-state index is 0.0411. The van der Waals surface area contributed by atoms with E-state index in [1.54, 1.807) is 0 Å². The van der Waals surface area contributed by atoms with Crippen molar-refractivity contribution in [3.8, 4) is 0 Å². The van der Waals surface area contributed by atoms with Crippen LogP contribution in [-0.2, 0) is 4.74 Å². The highest BCUT2D eigenvalue weighted by atomic mass is 16.5. The number of carbonyl (C=O) groups is 1. The fourth-order valence-electron chi connectivity index (χ4n) is 2.48. The van der Waals surface area contributed by atoms with Crippen LogP contribution in [0.1, 0.15) is 30.3 Å². The van der Waals surface area contributed by atoms with Gasteiger partial charge in [0.15, 0.2) is 0 Å². The Morgan fingerprint density at radius 2 is 2.05 bits per heavy atom. The van der Waals surface area contributed by atoms with Crippen molar-refractivity contribution >= 4 is 16.8 Å². The first-order valence-corrected chi connectivity index (χ1v) is 6.64. The normalized spacial score (nSPS) is 18.4. The maximum absolute atomic E-state index is 12.3. The van der Waals surface area contributed by atoms with Crippen molar-refractivity contribution in [1.29, 1.82) is 0 Å². The predicted molar refractivity (Wildman–Crippen MR) is 74.2 cm³/mol. The number of fused-ring (bicyclic) bond motifs is 1. The van der Waals surface area contributed by atoms with Gasteiger partial charge in [0.05, 0.1) is 0 Å². The lowest BCUT2D eigenvalue weighted by atomic mass is 9.92. The number of hydrogen-bond acceptors (Lipinski definition) is 2. The summed E-state index contributed by atoms with van der Waals surface area (Å²) in [5.41, 5.74) is 1.45. The molecule has 19 heavy (non-hydrogen) atoms. The van der Waals surface area contributed by atoms with Crippen LogP contribution in [0.15, 0.2) is 30.3 Å². The van der Waals surface area contributed by atoms with E-state index >= 15 is 0 Å². The molecule has 0 bridgehead atoms. The Kier molecular flexibility index (Phi) is 3.03. The molecule has 1 saturated heterocycles. The van der Waals surface area contributed by atoms with Gasteiger partial charge in [-0.1, -0.05) is 18.2 Å². The molecule has 0 spiro atoms. The standard InChI is InChI=1S/C15H18N2O2/c1-15(6-8-19-9-7-15)17-14(18)13-10-11-4-2-3-5-12(11)16-13/h2-5,10,16H,6-9H2,1H3,(H,17,18). The maximum Gasteiger partial charge on any atom is 0.268 e. The van der Waals surface area contributed by atoms with Gasteiger partial charge in [-0.05, 0) is 31.9 Å². The molecule has 2 heterocycles. The zero-order valence-corrected chi connectivity index (χ0v) is 11.0. The van der Waals surface area contributed by atoms with Crippen molar-refractivity contribution < 1.29 is 9.53 Å². The van der Waals surface area contributed by atoms with E-state index < -0.39 is 0 Å². The van der Waals surface area contributed by atoms with Gasteiger partial charge in [-0.25, -0.2) is 0 Å². The molecule has 1 aromatic carbocycles. The Morgan fingerprint density at radius 1 is 1.32 bits per heavy atom. The Balaban J connectivity index is 1.79. The summed E-state index contributed by atoms with van der Waals surface area (Å²) < 4.78 is 5.34. The number of benzene rings is 1. The quantitative estimate of drug-likeness (QED) is 0.869. The van der Waals surface area contributed by atoms with Gasteiger partial charge in [-0.3, -0.25) is 4.79 Å². The summed E-state index contributed by atoms with van der Waals surface area (Å²) in [5.74, 6) is -0.0411. The Hall–Kier alpha value is -1.81. The van der Waals surface area contributed by atoms with Gasteiger partial charge < -0.3 is 15.0 Å². The summed E-state index contributed by atoms with van der Waals surface area (Å²) in [4.78, 5) is 15.5. The molecule has 0 aliphatic carbocycles. The molecule has 100 valence electrons. The molecule has 1 fully saturated rings. The summed E-state index contributed by atoms with van der Waals surface area (Å²) in [6, 6.07) is 9.80. The number of hydrogen-bond donors (Lipinski definition) is 2. The van der Waals surface area contributed by atoms with Crippen molar-refractivity contribution in [1.82, 2.24) is 10.3 Å². The molecule has 1 aliphatic heterocycles. The van der Waals surface area contributed by atoms with Crippen LogP contribution < -0.4 is 5.32 Å². The summed E-state index contributed by atoms with van der Waals surface area (Å²) in [7, 11) is 0. The molecule has 0 atom stereocenters. The number of nitrogens with one attached hydrogen (secondary N) is 2. The van der Waals surface area contributed by atoms with Gasteiger partial charge in [0.25, 0.3) is 5.91 Å². The third-order valence-corrected chi connectivity index (χ3v) is 3.79. The highest BCUT2D eigenvalue weighted by Gasteiger charge is 2.29. The van der Waals surface area contributed by atoms with Crippen molar-refractivity contribution in [3.05, 3.63) is 36.0 Å². The van der Waals surface area contributed by atoms with E-state index in [0.717, 1.165) is 23.7 Å². The summed E-state index contributed by atoms with van der Waals surface area (Å²) >= 11 is 0. The zero-order chi connectivity index (χ0) is 13.3. The molecule has 1 aromatic heterocycles. The van der Waals surface area contributed by atoms with Gasteiger partial charge in [0.1, 0.15) is 5.69 Å². The van der Waals surface area contributed by atoms with Crippen molar-refractivity contribution in [2.45, 2.75) is 25.3 Å². The first kappa shape index (κ1) is 12.2. The second-order valence-corrected chi connectivity index (χ2v) is 5.40. The van der Waals surface area contributed by atoms with E-state index in [9.17, 15) is 4.79 Å². The largest absolute Gasteiger partial charge is 0.381 e. The monoisotopic (exact) mass is 258 g/mol. The number of aromatic nitrogens is 1. The van der Waals surface area contributed by atoms with Gasteiger partial charge in [0, 0.05) is 29.7 Å². The average molecular weight is 258 g/mol. The molecule has 2 N–H and O–H groups in total. The molecule has 1 amide bonds. The van der Waals surface area contributed by atoms with E-state index in [4.69, 9.17) is 4.74 Å². The first-order chi connectivity index (χ1) is 9.16. The minimum atomic E-state index is -0.160. The summed E-state index contributed by atoms with van der Waals surface area (Å²) in [6.45, 7) is 3.50. The molecule has 2 aromatic rings. The van der Waals surface area contributed by atoms with E-state index in [1.165, 1.54) is 0 Å². The minimum Gasteiger partial charge on any atom is -0.381 e. The molecule has 4 nitrogen and oxygen atoms in total. The van der Waals surface area contributed by atoms with Gasteiger partial charge in [-0.2, -0.15) is 0 Å². The lowest BCUT2D eigenvalue weighted by Gasteiger charge is -2.34. The lowest BCUT2D eigenvalue weighted by Crippen LogP contribution is -2.49. The van der Waals surface area contributed by atoms with E-state index in [2.05, 4.69) is 17.2 Å². The predicted octanol–water partition coefficient (Wildman–Crippen LogP) is 2.47. The van der Waals surface area contributed by atoms with Crippen molar-refractivity contribution in [2.24, 2.45) is 0 Å². The van der Waals surface area contributed by atoms with Gasteiger partial charge in [0.2, 0.25) is 0 Å². The topological polar surface area (TPSA) is 54.1 Å². The highest BCUT2D eigenvalue weighted by Crippen LogP contribution is 2.21. The van der Waals surface area contributed by atoms with Crippen LogP contribution in [0.5, 0.6) is 0 Å². The van der Waals surface area contributed by atoms with Crippen molar-refractivity contribution in [2.75, 3.05) is 13.2 Å². The Labute approximate surface area is 112 Å². The number of ether oxygens (including phenoxy) is 1. The van der Waals surface area contributed by atoms with Crippen LogP contribution in [0.3, 0.4) is 0 Å². The number of H-pyrrole nitrogens is 1. The molecule has 4 heteroatoms. The summed E-state index contributed by atoms with van der Waals surface area (Å²) in [5, 5.41) is 4.18. The number of para-hydroxylation sites is 1. The van der Waals surface area contributed by atoms with Crippen LogP contribution in [-0.4, -0.2) is 29.6 Å². The highest BCUT2D eigenvalue weighted by molar-refractivity contribution is 5.98. The first-order valence-electron chi connectivity index (χ1n) is 6.64. The second-order valence-electron chi connectivity index (χ2n) is 5.40. The van der Waals surface area contributed by atoms with Crippen LogP contribution >= 0.6 is 0 Å². The third-order valence-electron chi connectivity index (χ3n) is 3.79. The SMILES string of the molecule is CC1(NC(=O)c2cc3ccccc3[nH]2)CCOCC1. The van der Waals surface area contributed by atoms with Crippen LogP contribution in [0.25, 0.3) is 10.9 Å². The molecule has 3 rings (SSSR count). The van der Waals surface area contributed by atoms with Gasteiger partial charge in [-0.15, -0.1) is 0 Å². The van der Waals surface area contributed by atoms with E-state index in [1.807, 2.05) is 30.3 Å². The Bertz CT molecular complexity index is 564. The lowest BCUT2D eigenvalue weighted by molar-refractivity contribution is 0.0421. The van der Waals surface area contributed by atoms with E-state index in [0.29, 0.717) is 18.9 Å². The third kappa shape index (κ3) is 2.49. The van der Waals surface area contributed by atoms with Gasteiger partial charge >= 0.3 is 0 Å². The zero-order valence-electron chi connectivity index (χ0n) is 11.0. The fourth-order valence-corrected chi connectivity index (χ4v) is 2.48. The summed E-state index contributed by atoms with van der Waals surface area (Å²) in [6.07, 6.45) is 1.72. The molecule has 1 aliphatic rings.